The van der Waals surface area contributed by atoms with Crippen molar-refractivity contribution in [2.45, 2.75) is 6.92 Å². The average Bonchev–Trinajstić information content (AvgIpc) is 2.58. The van der Waals surface area contributed by atoms with E-state index in [1.165, 1.54) is 6.07 Å². The third-order valence-corrected chi connectivity index (χ3v) is 4.92. The van der Waals surface area contributed by atoms with Gasteiger partial charge in [-0.1, -0.05) is 50.1 Å². The molecule has 1 aromatic heterocycles. The Morgan fingerprint density at radius 2 is 1.72 bits per heavy atom. The van der Waals surface area contributed by atoms with Crippen molar-refractivity contribution in [3.63, 3.8) is 0 Å². The lowest BCUT2D eigenvalue weighted by Crippen LogP contribution is -2.04. The van der Waals surface area contributed by atoms with E-state index in [4.69, 9.17) is 5.73 Å². The van der Waals surface area contributed by atoms with Crippen molar-refractivity contribution in [2.24, 2.45) is 0 Å². The Morgan fingerprint density at radius 3 is 2.32 bits per heavy atom. The van der Waals surface area contributed by atoms with Crippen LogP contribution in [0.4, 0.5) is 10.2 Å². The summed E-state index contributed by atoms with van der Waals surface area (Å²) in [5.74, 6) is -0.343. The number of nitrogens with two attached hydrogens (primary N) is 1. The fourth-order valence-electron chi connectivity index (χ4n) is 2.73. The molecular weight excluding hydrogens is 449 g/mol. The predicted molar refractivity (Wildman–Crippen MR) is 104 cm³/mol. The van der Waals surface area contributed by atoms with Gasteiger partial charge in [0.2, 0.25) is 0 Å². The maximum absolute atomic E-state index is 14.5. The van der Waals surface area contributed by atoms with E-state index in [0.29, 0.717) is 26.9 Å². The normalized spacial score (nSPS) is 10.5. The highest BCUT2D eigenvalue weighted by Gasteiger charge is 2.20. The van der Waals surface area contributed by atoms with Crippen LogP contribution in [-0.4, -0.2) is 4.98 Å². The lowest BCUT2D eigenvalue weighted by Gasteiger charge is -2.16. The number of nitrogens with zero attached hydrogens (tertiary/aromatic N) is 2. The Hall–Kier alpha value is -2.23. The maximum atomic E-state index is 14.5. The molecule has 2 N–H and O–H groups in total. The van der Waals surface area contributed by atoms with Crippen LogP contribution in [0.3, 0.4) is 0 Å². The van der Waals surface area contributed by atoms with Crippen molar-refractivity contribution in [3.05, 3.63) is 68.4 Å². The molecule has 3 rings (SSSR count). The van der Waals surface area contributed by atoms with Crippen LogP contribution in [0, 0.1) is 24.1 Å². The number of rotatable bonds is 2. The second-order valence-electron chi connectivity index (χ2n) is 5.46. The van der Waals surface area contributed by atoms with Gasteiger partial charge in [0, 0.05) is 25.6 Å². The molecule has 0 atom stereocenters. The minimum absolute atomic E-state index is 0.0864. The summed E-state index contributed by atoms with van der Waals surface area (Å²) in [6, 6.07) is 14.4. The summed E-state index contributed by atoms with van der Waals surface area (Å²) in [5, 5.41) is 9.52. The molecule has 0 unspecified atom stereocenters. The van der Waals surface area contributed by atoms with Crippen molar-refractivity contribution in [1.29, 1.82) is 5.26 Å². The van der Waals surface area contributed by atoms with E-state index >= 15 is 0 Å². The van der Waals surface area contributed by atoms with Crippen LogP contribution < -0.4 is 5.73 Å². The zero-order chi connectivity index (χ0) is 18.1. The van der Waals surface area contributed by atoms with E-state index in [1.807, 2.05) is 31.2 Å². The van der Waals surface area contributed by atoms with Gasteiger partial charge in [0.1, 0.15) is 23.3 Å². The number of hydrogen-bond acceptors (Lipinski definition) is 3. The van der Waals surface area contributed by atoms with Crippen LogP contribution in [0.25, 0.3) is 22.4 Å². The molecule has 0 spiro atoms. The average molecular weight is 461 g/mol. The zero-order valence-corrected chi connectivity index (χ0v) is 16.3. The third kappa shape index (κ3) is 3.30. The molecule has 3 aromatic rings. The van der Waals surface area contributed by atoms with E-state index in [-0.39, 0.29) is 11.4 Å². The molecule has 0 amide bonds. The van der Waals surface area contributed by atoms with E-state index < -0.39 is 5.82 Å². The van der Waals surface area contributed by atoms with Crippen molar-refractivity contribution < 1.29 is 4.39 Å². The van der Waals surface area contributed by atoms with E-state index in [2.05, 4.69) is 42.9 Å². The van der Waals surface area contributed by atoms with Crippen LogP contribution in [0.5, 0.6) is 0 Å². The molecule has 0 radical (unpaired) electrons. The number of aromatic nitrogens is 1. The Kier molecular flexibility index (Phi) is 4.89. The summed E-state index contributed by atoms with van der Waals surface area (Å²) in [6.07, 6.45) is 0. The Balaban J connectivity index is 2.34. The summed E-state index contributed by atoms with van der Waals surface area (Å²) >= 11 is 6.65. The largest absolute Gasteiger partial charge is 0.383 e. The Bertz CT molecular complexity index is 1010. The highest BCUT2D eigenvalue weighted by Crippen LogP contribution is 2.37. The van der Waals surface area contributed by atoms with Crippen LogP contribution in [0.1, 0.15) is 11.1 Å². The molecule has 0 saturated heterocycles. The Labute approximate surface area is 161 Å². The molecule has 2 aromatic carbocycles. The smallest absolute Gasteiger partial charge is 0.142 e. The molecule has 0 fully saturated rings. The summed E-state index contributed by atoms with van der Waals surface area (Å²) in [4.78, 5) is 4.39. The van der Waals surface area contributed by atoms with Gasteiger partial charge in [0.05, 0.1) is 5.69 Å². The molecule has 0 saturated carbocycles. The van der Waals surface area contributed by atoms with Crippen LogP contribution in [-0.2, 0) is 0 Å². The number of hydrogen-bond donors (Lipinski definition) is 1. The van der Waals surface area contributed by atoms with Gasteiger partial charge in [0.25, 0.3) is 0 Å². The van der Waals surface area contributed by atoms with Gasteiger partial charge >= 0.3 is 0 Å². The highest BCUT2D eigenvalue weighted by atomic mass is 79.9. The SMILES string of the molecule is Cc1c(-c2ccc(Br)cc2)nc(N)c(C#N)c1-c1ccc(Br)cc1F. The number of pyridine rings is 1. The maximum Gasteiger partial charge on any atom is 0.142 e. The first-order chi connectivity index (χ1) is 11.9. The van der Waals surface area contributed by atoms with Gasteiger partial charge in [-0.25, -0.2) is 9.37 Å². The van der Waals surface area contributed by atoms with Crippen molar-refractivity contribution in [3.8, 4) is 28.5 Å². The lowest BCUT2D eigenvalue weighted by atomic mass is 9.92. The van der Waals surface area contributed by atoms with Gasteiger partial charge in [-0.2, -0.15) is 5.26 Å². The summed E-state index contributed by atoms with van der Waals surface area (Å²) in [6.45, 7) is 1.82. The number of halogens is 3. The van der Waals surface area contributed by atoms with Crippen LogP contribution in [0.2, 0.25) is 0 Å². The molecule has 0 aliphatic rings. The van der Waals surface area contributed by atoms with Gasteiger partial charge in [-0.3, -0.25) is 0 Å². The molecule has 6 heteroatoms. The second-order valence-corrected chi connectivity index (χ2v) is 7.29. The highest BCUT2D eigenvalue weighted by molar-refractivity contribution is 9.10. The fourth-order valence-corrected chi connectivity index (χ4v) is 3.32. The number of nitriles is 1. The van der Waals surface area contributed by atoms with Gasteiger partial charge in [0.15, 0.2) is 0 Å². The monoisotopic (exact) mass is 459 g/mol. The first kappa shape index (κ1) is 17.6. The molecule has 25 heavy (non-hydrogen) atoms. The van der Waals surface area contributed by atoms with Gasteiger partial charge < -0.3 is 5.73 Å². The summed E-state index contributed by atoms with van der Waals surface area (Å²) in [7, 11) is 0. The van der Waals surface area contributed by atoms with E-state index in [1.54, 1.807) is 12.1 Å². The predicted octanol–water partition coefficient (Wildman–Crippen LogP) is 5.84. The molecule has 0 aliphatic heterocycles. The van der Waals surface area contributed by atoms with Crippen molar-refractivity contribution >= 4 is 37.7 Å². The van der Waals surface area contributed by atoms with Gasteiger partial charge in [-0.15, -0.1) is 0 Å². The number of anilines is 1. The lowest BCUT2D eigenvalue weighted by molar-refractivity contribution is 0.630. The molecule has 1 heterocycles. The molecule has 0 aliphatic carbocycles. The topological polar surface area (TPSA) is 62.7 Å². The Morgan fingerprint density at radius 1 is 1.08 bits per heavy atom. The number of benzene rings is 2. The summed E-state index contributed by atoms with van der Waals surface area (Å²) < 4.78 is 16.1. The third-order valence-electron chi connectivity index (χ3n) is 3.90. The minimum atomic E-state index is -0.429. The number of nitrogen functional groups attached to an aromatic ring is 1. The van der Waals surface area contributed by atoms with E-state index in [9.17, 15) is 9.65 Å². The van der Waals surface area contributed by atoms with Crippen molar-refractivity contribution in [2.75, 3.05) is 5.73 Å². The first-order valence-corrected chi connectivity index (χ1v) is 8.92. The molecule has 3 nitrogen and oxygen atoms in total. The zero-order valence-electron chi connectivity index (χ0n) is 13.1. The molecule has 124 valence electrons. The van der Waals surface area contributed by atoms with Crippen LogP contribution >= 0.6 is 31.9 Å². The molecular formula is C19H12Br2FN3. The minimum Gasteiger partial charge on any atom is -0.383 e. The summed E-state index contributed by atoms with van der Waals surface area (Å²) in [5.41, 5.74) is 9.16. The quantitative estimate of drug-likeness (QED) is 0.522. The fraction of sp³-hybridized carbons (Fsp3) is 0.0526. The van der Waals surface area contributed by atoms with E-state index in [0.717, 1.165) is 10.0 Å². The van der Waals surface area contributed by atoms with Crippen LogP contribution in [0.15, 0.2) is 51.4 Å². The van der Waals surface area contributed by atoms with Gasteiger partial charge in [-0.05, 0) is 36.8 Å². The van der Waals surface area contributed by atoms with Crippen molar-refractivity contribution in [1.82, 2.24) is 4.98 Å². The second kappa shape index (κ2) is 6.95. The standard InChI is InChI=1S/C19H12Br2FN3/c1-10-17(14-7-6-13(21)8-16(14)22)15(9-23)19(24)25-18(10)11-2-4-12(20)5-3-11/h2-8H,1H3,(H2,24,25). The first-order valence-electron chi connectivity index (χ1n) is 7.34. The molecule has 0 bridgehead atoms.